The Labute approximate surface area is 431 Å². The van der Waals surface area contributed by atoms with Gasteiger partial charge in [0.05, 0.1) is 10.8 Å². The molecule has 10 aromatic rings. The average Bonchev–Trinajstić information content (AvgIpc) is 4.12. The molecule has 0 amide bonds. The highest BCUT2D eigenvalue weighted by Crippen LogP contribution is 2.61. The number of rotatable bonds is 10. The lowest BCUT2D eigenvalue weighted by atomic mass is 9.67. The number of anilines is 3. The first-order chi connectivity index (χ1) is 36.8. The molecule has 0 aliphatic heterocycles. The van der Waals surface area contributed by atoms with Crippen LogP contribution in [0.2, 0.25) is 0 Å². The Morgan fingerprint density at radius 2 is 0.671 bits per heavy atom. The first-order valence-corrected chi connectivity index (χ1v) is 24.1. The Kier molecular flexibility index (Phi) is 11.4. The second kappa shape index (κ2) is 18.1. The summed E-state index contributed by atoms with van der Waals surface area (Å²) in [7, 11) is 0. The van der Waals surface area contributed by atoms with Crippen molar-refractivity contribution >= 4 is 29.2 Å². The van der Waals surface area contributed by atoms with Gasteiger partial charge in [-0.25, -0.2) is 39.5 Å². The van der Waals surface area contributed by atoms with Crippen LogP contribution >= 0.6 is 0 Å². The van der Waals surface area contributed by atoms with E-state index < -0.39 is 74.3 Å². The molecule has 2 atom stereocenters. The summed E-state index contributed by atoms with van der Waals surface area (Å²) in [6.07, 6.45) is 3.17. The first-order valence-electron chi connectivity index (χ1n) is 24.1. The SMILES string of the molecule is C=Cc1ccc(C2(c3c(F)c(F)cc(F)c3F)c3ccccc3-c3ccc(N(c4ccc(-c5ccc(F)cc5)cc4)c4ccc5c(c4)C(c4ccc(C=C)cc4)(c4c(F)c(F)cc(F)c4F)c4ccccc4-5)cc32)cc1. The van der Waals surface area contributed by atoms with Crippen molar-refractivity contribution in [2.24, 2.45) is 0 Å². The molecule has 0 saturated carbocycles. The third kappa shape index (κ3) is 6.96. The van der Waals surface area contributed by atoms with Crippen molar-refractivity contribution in [1.29, 1.82) is 0 Å². The van der Waals surface area contributed by atoms with Crippen LogP contribution in [0.4, 0.5) is 56.6 Å². The molecule has 370 valence electrons. The normalized spacial score (nSPS) is 15.9. The molecule has 0 radical (unpaired) electrons. The lowest BCUT2D eigenvalue weighted by Crippen LogP contribution is -2.32. The Morgan fingerprint density at radius 3 is 1.05 bits per heavy atom. The molecule has 10 aromatic carbocycles. The van der Waals surface area contributed by atoms with Crippen molar-refractivity contribution < 1.29 is 39.5 Å². The summed E-state index contributed by atoms with van der Waals surface area (Å²) in [6, 6.07) is 50.9. The molecule has 0 aromatic heterocycles. The molecular formula is C66H38F9N. The van der Waals surface area contributed by atoms with Crippen molar-refractivity contribution in [1.82, 2.24) is 0 Å². The van der Waals surface area contributed by atoms with E-state index in [0.29, 0.717) is 72.7 Å². The van der Waals surface area contributed by atoms with Gasteiger partial charge in [-0.05, 0) is 126 Å². The molecule has 0 bridgehead atoms. The van der Waals surface area contributed by atoms with Gasteiger partial charge in [-0.15, -0.1) is 0 Å². The van der Waals surface area contributed by atoms with Gasteiger partial charge in [0.2, 0.25) is 0 Å². The van der Waals surface area contributed by atoms with Crippen LogP contribution in [0.25, 0.3) is 45.5 Å². The van der Waals surface area contributed by atoms with Gasteiger partial charge in [-0.3, -0.25) is 0 Å². The molecule has 0 fully saturated rings. The maximum atomic E-state index is 17.0. The monoisotopic (exact) mass is 1020 g/mol. The number of nitrogens with zero attached hydrogens (tertiary/aromatic N) is 1. The van der Waals surface area contributed by atoms with Crippen molar-refractivity contribution in [3.8, 4) is 33.4 Å². The minimum absolute atomic E-state index is 0.175. The number of fused-ring (bicyclic) bond motifs is 6. The Balaban J connectivity index is 1.17. The van der Waals surface area contributed by atoms with Crippen LogP contribution < -0.4 is 4.90 Å². The molecule has 10 heteroatoms. The molecule has 0 heterocycles. The van der Waals surface area contributed by atoms with E-state index in [4.69, 9.17) is 0 Å². The lowest BCUT2D eigenvalue weighted by molar-refractivity contribution is 0.426. The maximum Gasteiger partial charge on any atom is 0.166 e. The standard InChI is InChI=1S/C66H38F9N/c1-3-37-13-21-41(22-14-37)65(59-61(72)55(68)35-56(69)62(59)73)51-11-7-5-9-47(51)49-31-29-45(33-53(49)65)76(44-27-19-40(20-28-44)39-17-25-43(67)26-18-39)46-30-32-50-48-10-6-8-12-52(48)66(54(50)34-46,42-23-15-38(4-2)16-24-42)60-63(74)57(70)36-58(71)64(60)75/h3-36H,1-2H2. The van der Waals surface area contributed by atoms with Crippen molar-refractivity contribution in [2.45, 2.75) is 10.8 Å². The fourth-order valence-corrected chi connectivity index (χ4v) is 11.7. The van der Waals surface area contributed by atoms with Gasteiger partial charge in [0.25, 0.3) is 0 Å². The van der Waals surface area contributed by atoms with Gasteiger partial charge in [-0.1, -0.05) is 159 Å². The first kappa shape index (κ1) is 47.8. The third-order valence-corrected chi connectivity index (χ3v) is 15.0. The number of hydrogen-bond donors (Lipinski definition) is 0. The lowest BCUT2D eigenvalue weighted by Gasteiger charge is -2.36. The van der Waals surface area contributed by atoms with Crippen LogP contribution in [-0.4, -0.2) is 0 Å². The van der Waals surface area contributed by atoms with Gasteiger partial charge in [0, 0.05) is 40.3 Å². The molecule has 0 N–H and O–H groups in total. The fraction of sp³-hybridized carbons (Fsp3) is 0.0303. The summed E-state index contributed by atoms with van der Waals surface area (Å²) < 4.78 is 145. The molecule has 2 aliphatic carbocycles. The zero-order valence-electron chi connectivity index (χ0n) is 39.9. The molecule has 0 saturated heterocycles. The third-order valence-electron chi connectivity index (χ3n) is 15.0. The maximum absolute atomic E-state index is 17.0. The van der Waals surface area contributed by atoms with Crippen molar-refractivity contribution in [3.63, 3.8) is 0 Å². The summed E-state index contributed by atoms with van der Waals surface area (Å²) >= 11 is 0. The van der Waals surface area contributed by atoms with Crippen molar-refractivity contribution in [2.75, 3.05) is 4.90 Å². The van der Waals surface area contributed by atoms with Crippen LogP contribution in [-0.2, 0) is 10.8 Å². The van der Waals surface area contributed by atoms with E-state index in [2.05, 4.69) is 13.2 Å². The predicted molar refractivity (Wildman–Crippen MR) is 281 cm³/mol. The molecule has 76 heavy (non-hydrogen) atoms. The van der Waals surface area contributed by atoms with E-state index in [0.717, 1.165) is 0 Å². The molecule has 12 rings (SSSR count). The van der Waals surface area contributed by atoms with Crippen LogP contribution in [0, 0.1) is 52.4 Å². The number of halogens is 9. The van der Waals surface area contributed by atoms with Crippen LogP contribution in [0.3, 0.4) is 0 Å². The highest BCUT2D eigenvalue weighted by molar-refractivity contribution is 5.93. The quantitative estimate of drug-likeness (QED) is 0.0975. The Hall–Kier alpha value is -9.15. The summed E-state index contributed by atoms with van der Waals surface area (Å²) in [5, 5.41) is 0. The van der Waals surface area contributed by atoms with Gasteiger partial charge < -0.3 is 4.90 Å². The minimum atomic E-state index is -2.04. The Bertz CT molecular complexity index is 3750. The smallest absolute Gasteiger partial charge is 0.166 e. The average molecular weight is 1020 g/mol. The second-order valence-corrected chi connectivity index (χ2v) is 18.8. The van der Waals surface area contributed by atoms with E-state index in [1.807, 2.05) is 0 Å². The van der Waals surface area contributed by atoms with E-state index in [-0.39, 0.29) is 34.4 Å². The highest BCUT2D eigenvalue weighted by atomic mass is 19.2. The van der Waals surface area contributed by atoms with Gasteiger partial charge >= 0.3 is 0 Å². The molecular weight excluding hydrogens is 978 g/mol. The summed E-state index contributed by atoms with van der Waals surface area (Å²) in [6.45, 7) is 7.72. The van der Waals surface area contributed by atoms with Crippen molar-refractivity contribution in [3.05, 3.63) is 315 Å². The molecule has 2 aliphatic rings. The van der Waals surface area contributed by atoms with Gasteiger partial charge in [-0.2, -0.15) is 0 Å². The van der Waals surface area contributed by atoms with Crippen LogP contribution in [0.15, 0.2) is 207 Å². The topological polar surface area (TPSA) is 3.24 Å². The van der Waals surface area contributed by atoms with E-state index in [1.165, 1.54) is 12.1 Å². The predicted octanol–water partition coefficient (Wildman–Crippen LogP) is 18.1. The number of benzene rings is 10. The van der Waals surface area contributed by atoms with E-state index in [9.17, 15) is 4.39 Å². The minimum Gasteiger partial charge on any atom is -0.310 e. The number of hydrogen-bond acceptors (Lipinski definition) is 1. The fourth-order valence-electron chi connectivity index (χ4n) is 11.7. The zero-order valence-corrected chi connectivity index (χ0v) is 39.9. The van der Waals surface area contributed by atoms with E-state index >= 15 is 35.1 Å². The molecule has 1 nitrogen and oxygen atoms in total. The van der Waals surface area contributed by atoms with Gasteiger partial charge in [0.1, 0.15) is 5.82 Å². The van der Waals surface area contributed by atoms with Crippen LogP contribution in [0.1, 0.15) is 55.6 Å². The highest BCUT2D eigenvalue weighted by Gasteiger charge is 2.52. The zero-order chi connectivity index (χ0) is 52.8. The molecule has 0 spiro atoms. The largest absolute Gasteiger partial charge is 0.310 e. The second-order valence-electron chi connectivity index (χ2n) is 18.8. The van der Waals surface area contributed by atoms with E-state index in [1.54, 1.807) is 187 Å². The Morgan fingerprint density at radius 1 is 0.329 bits per heavy atom. The summed E-state index contributed by atoms with van der Waals surface area (Å²) in [5.74, 6) is -13.2. The summed E-state index contributed by atoms with van der Waals surface area (Å²) in [5.41, 5.74) is 1.79. The van der Waals surface area contributed by atoms with Gasteiger partial charge in [0.15, 0.2) is 46.5 Å². The molecule has 2 unspecified atom stereocenters. The summed E-state index contributed by atoms with van der Waals surface area (Å²) in [4.78, 5) is 1.79. The van der Waals surface area contributed by atoms with Crippen LogP contribution in [0.5, 0.6) is 0 Å².